The second-order valence-corrected chi connectivity index (χ2v) is 4.84. The van der Waals surface area contributed by atoms with Gasteiger partial charge in [0.15, 0.2) is 5.78 Å². The minimum Gasteiger partial charge on any atom is -0.465 e. The van der Waals surface area contributed by atoms with Crippen molar-refractivity contribution in [2.45, 2.75) is 44.2 Å². The Morgan fingerprint density at radius 2 is 2.35 bits per heavy atom. The highest BCUT2D eigenvalue weighted by Gasteiger charge is 2.50. The van der Waals surface area contributed by atoms with Crippen LogP contribution in [-0.4, -0.2) is 35.2 Å². The van der Waals surface area contributed by atoms with Crippen molar-refractivity contribution < 1.29 is 19.4 Å². The van der Waals surface area contributed by atoms with Crippen molar-refractivity contribution in [2.75, 3.05) is 6.61 Å². The number of amides is 1. The van der Waals surface area contributed by atoms with E-state index in [4.69, 9.17) is 9.84 Å². The van der Waals surface area contributed by atoms with Gasteiger partial charge in [0, 0.05) is 0 Å². The lowest BCUT2D eigenvalue weighted by Gasteiger charge is -2.18. The number of allylic oxidation sites excluding steroid dienone is 1. The molecule has 0 aromatic carbocycles. The summed E-state index contributed by atoms with van der Waals surface area (Å²) in [6, 6.07) is -0.677. The Labute approximate surface area is 99.8 Å². The molecule has 0 unspecified atom stereocenters. The van der Waals surface area contributed by atoms with Crippen LogP contribution in [0, 0.1) is 0 Å². The molecule has 5 heteroatoms. The number of rotatable bonds is 5. The van der Waals surface area contributed by atoms with Gasteiger partial charge in [-0.2, -0.15) is 0 Å². The molecule has 1 aliphatic carbocycles. The first kappa shape index (κ1) is 12.1. The maximum Gasteiger partial charge on any atom is 0.405 e. The van der Waals surface area contributed by atoms with Gasteiger partial charge in [-0.1, -0.05) is 11.6 Å². The molecule has 2 aliphatic rings. The predicted octanol–water partition coefficient (Wildman–Crippen LogP) is 1.48. The summed E-state index contributed by atoms with van der Waals surface area (Å²) < 4.78 is 5.08. The van der Waals surface area contributed by atoms with Crippen LogP contribution >= 0.6 is 0 Å². The number of carbonyl (C=O) groups is 2. The Hall–Kier alpha value is -1.36. The molecule has 1 saturated heterocycles. The second kappa shape index (κ2) is 4.49. The molecule has 2 N–H and O–H groups in total. The summed E-state index contributed by atoms with van der Waals surface area (Å²) in [5.41, 5.74) is 0.396. The number of ketones is 1. The summed E-state index contributed by atoms with van der Waals surface area (Å²) in [7, 11) is 0. The molecule has 0 saturated carbocycles. The number of epoxide rings is 1. The van der Waals surface area contributed by atoms with Crippen molar-refractivity contribution in [2.24, 2.45) is 0 Å². The number of carboxylic acid groups (broad SMARTS) is 1. The molecule has 1 fully saturated rings. The molecule has 94 valence electrons. The molecule has 0 radical (unpaired) electrons. The first-order chi connectivity index (χ1) is 8.01. The number of hydrogen-bond acceptors (Lipinski definition) is 3. The summed E-state index contributed by atoms with van der Waals surface area (Å²) >= 11 is 0. The van der Waals surface area contributed by atoms with Crippen molar-refractivity contribution in [3.8, 4) is 0 Å². The summed E-state index contributed by atoms with van der Waals surface area (Å²) in [5.74, 6) is -0.160. The highest BCUT2D eigenvalue weighted by Crippen LogP contribution is 2.31. The zero-order chi connectivity index (χ0) is 12.5. The van der Waals surface area contributed by atoms with Crippen LogP contribution in [0.25, 0.3) is 0 Å². The molecule has 0 spiro atoms. The van der Waals surface area contributed by atoms with Crippen LogP contribution < -0.4 is 5.32 Å². The van der Waals surface area contributed by atoms with E-state index in [2.05, 4.69) is 11.4 Å². The van der Waals surface area contributed by atoms with Crippen LogP contribution in [0.2, 0.25) is 0 Å². The number of ether oxygens (including phenoxy) is 1. The van der Waals surface area contributed by atoms with Gasteiger partial charge in [0.25, 0.3) is 0 Å². The maximum absolute atomic E-state index is 12.1. The topological polar surface area (TPSA) is 78.9 Å². The fourth-order valence-electron chi connectivity index (χ4n) is 2.16. The van der Waals surface area contributed by atoms with Crippen LogP contribution in [0.1, 0.15) is 32.6 Å². The average molecular weight is 239 g/mol. The summed E-state index contributed by atoms with van der Waals surface area (Å²) in [5, 5.41) is 11.1. The number of carbonyl (C=O) groups excluding carboxylic acids is 1. The normalized spacial score (nSPS) is 28.4. The van der Waals surface area contributed by atoms with E-state index in [-0.39, 0.29) is 5.78 Å². The Bertz CT molecular complexity index is 371. The third-order valence-corrected chi connectivity index (χ3v) is 3.31. The zero-order valence-corrected chi connectivity index (χ0v) is 9.86. The lowest BCUT2D eigenvalue weighted by atomic mass is 9.95. The fraction of sp³-hybridized carbons (Fsp3) is 0.667. The third-order valence-electron chi connectivity index (χ3n) is 3.31. The number of hydrogen-bond donors (Lipinski definition) is 2. The Balaban J connectivity index is 2.01. The Kier molecular flexibility index (Phi) is 3.19. The van der Waals surface area contributed by atoms with Crippen molar-refractivity contribution in [3.05, 3.63) is 11.6 Å². The monoisotopic (exact) mass is 239 g/mol. The summed E-state index contributed by atoms with van der Waals surface area (Å²) in [6.07, 6.45) is 4.49. The van der Waals surface area contributed by atoms with Gasteiger partial charge in [0.2, 0.25) is 0 Å². The molecule has 2 rings (SSSR count). The van der Waals surface area contributed by atoms with Crippen LogP contribution in [0.5, 0.6) is 0 Å². The van der Waals surface area contributed by atoms with E-state index in [1.165, 1.54) is 5.57 Å². The van der Waals surface area contributed by atoms with Gasteiger partial charge in [0.1, 0.15) is 5.60 Å². The minimum absolute atomic E-state index is 0.160. The van der Waals surface area contributed by atoms with E-state index in [1.54, 1.807) is 6.92 Å². The molecule has 0 aromatic heterocycles. The first-order valence-corrected chi connectivity index (χ1v) is 5.87. The molecule has 1 aliphatic heterocycles. The fourth-order valence-corrected chi connectivity index (χ4v) is 2.16. The Morgan fingerprint density at radius 1 is 1.65 bits per heavy atom. The standard InChI is InChI=1S/C12H17NO4/c1-12(7-17-12)10(14)9(13-11(15)16)6-8-4-2-3-5-8/h4,9,13H,2-3,5-7H2,1H3,(H,15,16)/t9-,12-/m0/s1. The molecule has 5 nitrogen and oxygen atoms in total. The molecule has 0 aromatic rings. The van der Waals surface area contributed by atoms with E-state index in [1.807, 2.05) is 0 Å². The van der Waals surface area contributed by atoms with Gasteiger partial charge in [-0.3, -0.25) is 4.79 Å². The highest BCUT2D eigenvalue weighted by atomic mass is 16.6. The van der Waals surface area contributed by atoms with Crippen molar-refractivity contribution >= 4 is 11.9 Å². The number of Topliss-reactive ketones (excluding diaryl/α,β-unsaturated/α-hetero) is 1. The smallest absolute Gasteiger partial charge is 0.405 e. The second-order valence-electron chi connectivity index (χ2n) is 4.84. The quantitative estimate of drug-likeness (QED) is 0.562. The molecular formula is C12H17NO4. The van der Waals surface area contributed by atoms with E-state index in [9.17, 15) is 9.59 Å². The van der Waals surface area contributed by atoms with E-state index in [0.717, 1.165) is 19.3 Å². The van der Waals surface area contributed by atoms with Crippen molar-refractivity contribution in [3.63, 3.8) is 0 Å². The maximum atomic E-state index is 12.1. The van der Waals surface area contributed by atoms with Crippen LogP contribution in [0.4, 0.5) is 4.79 Å². The number of nitrogens with one attached hydrogen (secondary N) is 1. The zero-order valence-electron chi connectivity index (χ0n) is 9.86. The van der Waals surface area contributed by atoms with Gasteiger partial charge in [-0.25, -0.2) is 4.79 Å². The van der Waals surface area contributed by atoms with E-state index in [0.29, 0.717) is 13.0 Å². The Morgan fingerprint density at radius 3 is 2.82 bits per heavy atom. The van der Waals surface area contributed by atoms with Crippen molar-refractivity contribution in [1.82, 2.24) is 5.32 Å². The van der Waals surface area contributed by atoms with Crippen LogP contribution in [-0.2, 0) is 9.53 Å². The molecule has 2 atom stereocenters. The molecule has 0 bridgehead atoms. The van der Waals surface area contributed by atoms with Gasteiger partial charge >= 0.3 is 6.09 Å². The van der Waals surface area contributed by atoms with Crippen LogP contribution in [0.15, 0.2) is 11.6 Å². The summed E-state index contributed by atoms with van der Waals surface area (Å²) in [6.45, 7) is 2.09. The predicted molar refractivity (Wildman–Crippen MR) is 60.9 cm³/mol. The van der Waals surface area contributed by atoms with E-state index >= 15 is 0 Å². The first-order valence-electron chi connectivity index (χ1n) is 5.87. The largest absolute Gasteiger partial charge is 0.465 e. The van der Waals surface area contributed by atoms with E-state index < -0.39 is 17.7 Å². The van der Waals surface area contributed by atoms with Gasteiger partial charge in [0.05, 0.1) is 12.6 Å². The minimum atomic E-state index is -1.16. The highest BCUT2D eigenvalue weighted by molar-refractivity contribution is 5.95. The van der Waals surface area contributed by atoms with Crippen LogP contribution in [0.3, 0.4) is 0 Å². The lowest BCUT2D eigenvalue weighted by molar-refractivity contribution is -0.125. The molecular weight excluding hydrogens is 222 g/mol. The third kappa shape index (κ3) is 2.85. The summed E-state index contributed by atoms with van der Waals surface area (Å²) in [4.78, 5) is 22.8. The van der Waals surface area contributed by atoms with Crippen molar-refractivity contribution in [1.29, 1.82) is 0 Å². The lowest BCUT2D eigenvalue weighted by Crippen LogP contribution is -2.45. The van der Waals surface area contributed by atoms with Gasteiger partial charge in [-0.15, -0.1) is 0 Å². The van der Waals surface area contributed by atoms with Gasteiger partial charge in [-0.05, 0) is 32.6 Å². The molecule has 1 amide bonds. The average Bonchev–Trinajstić information content (AvgIpc) is 2.80. The SMILES string of the molecule is C[C@@]1(C(=O)[C@H](CC2=CCCC2)NC(=O)O)CO1. The molecule has 17 heavy (non-hydrogen) atoms. The molecule has 1 heterocycles. The van der Waals surface area contributed by atoms with Gasteiger partial charge < -0.3 is 15.2 Å².